The number of anilines is 1. The Kier molecular flexibility index (Phi) is 4.62. The van der Waals surface area contributed by atoms with Gasteiger partial charge in [0.2, 0.25) is 10.0 Å². The van der Waals surface area contributed by atoms with Gasteiger partial charge in [0.05, 0.1) is 0 Å². The average Bonchev–Trinajstić information content (AvgIpc) is 2.47. The Morgan fingerprint density at radius 3 is 2.65 bits per heavy atom. The summed E-state index contributed by atoms with van der Waals surface area (Å²) in [5.41, 5.74) is 0. The Balaban J connectivity index is 2.18. The molecular weight excluding hydrogens is 276 g/mol. The molecule has 1 saturated heterocycles. The quantitative estimate of drug-likeness (QED) is 0.892. The van der Waals surface area contributed by atoms with Gasteiger partial charge in [0.25, 0.3) is 0 Å². The molecule has 1 aromatic rings. The molecule has 0 amide bonds. The van der Waals surface area contributed by atoms with Crippen molar-refractivity contribution >= 4 is 15.8 Å². The van der Waals surface area contributed by atoms with Gasteiger partial charge in [0, 0.05) is 38.9 Å². The number of pyridine rings is 1. The number of nitrogens with one attached hydrogen (secondary N) is 1. The number of rotatable bonds is 4. The van der Waals surface area contributed by atoms with Crippen molar-refractivity contribution in [3.63, 3.8) is 0 Å². The maximum atomic E-state index is 12.6. The molecule has 0 spiro atoms. The molecule has 1 N–H and O–H groups in total. The van der Waals surface area contributed by atoms with E-state index in [1.807, 2.05) is 0 Å². The zero-order valence-corrected chi connectivity index (χ0v) is 13.0. The van der Waals surface area contributed by atoms with Gasteiger partial charge in [-0.3, -0.25) is 4.90 Å². The molecule has 0 radical (unpaired) electrons. The molecule has 0 aliphatic carbocycles. The average molecular weight is 298 g/mol. The molecule has 112 valence electrons. The van der Waals surface area contributed by atoms with Crippen LogP contribution in [0.15, 0.2) is 23.2 Å². The van der Waals surface area contributed by atoms with E-state index >= 15 is 0 Å². The Morgan fingerprint density at radius 1 is 1.40 bits per heavy atom. The summed E-state index contributed by atoms with van der Waals surface area (Å²) < 4.78 is 26.7. The first-order valence-corrected chi connectivity index (χ1v) is 8.31. The van der Waals surface area contributed by atoms with Crippen molar-refractivity contribution in [1.82, 2.24) is 14.2 Å². The summed E-state index contributed by atoms with van der Waals surface area (Å²) in [4.78, 5) is 6.63. The van der Waals surface area contributed by atoms with Crippen LogP contribution in [0.4, 0.5) is 5.82 Å². The van der Waals surface area contributed by atoms with Crippen LogP contribution in [0, 0.1) is 0 Å². The zero-order valence-electron chi connectivity index (χ0n) is 12.2. The van der Waals surface area contributed by atoms with Crippen molar-refractivity contribution in [2.75, 3.05) is 38.5 Å². The summed E-state index contributed by atoms with van der Waals surface area (Å²) in [5.74, 6) is 0.660. The van der Waals surface area contributed by atoms with Crippen molar-refractivity contribution in [3.05, 3.63) is 18.3 Å². The van der Waals surface area contributed by atoms with Gasteiger partial charge < -0.3 is 5.32 Å². The summed E-state index contributed by atoms with van der Waals surface area (Å²) in [6.07, 6.45) is 1.41. The first-order valence-electron chi connectivity index (χ1n) is 6.87. The number of likely N-dealkylation sites (N-methyl/N-ethyl adjacent to an activating group) is 1. The summed E-state index contributed by atoms with van der Waals surface area (Å²) in [7, 11) is -1.68. The summed E-state index contributed by atoms with van der Waals surface area (Å²) >= 11 is 0. The standard InChI is InChI=1S/C13H22N4O2S/c1-4-16-7-8-17(10-11(16)2)20(18,19)12-5-6-13(14-3)15-9-12/h5-6,9,11H,4,7-8,10H2,1-3H3,(H,14,15). The highest BCUT2D eigenvalue weighted by Crippen LogP contribution is 2.20. The Hall–Kier alpha value is -1.18. The Morgan fingerprint density at radius 2 is 2.15 bits per heavy atom. The van der Waals surface area contributed by atoms with Crippen LogP contribution < -0.4 is 5.32 Å². The van der Waals surface area contributed by atoms with E-state index in [1.165, 1.54) is 6.20 Å². The van der Waals surface area contributed by atoms with Crippen LogP contribution in [0.3, 0.4) is 0 Å². The van der Waals surface area contributed by atoms with Crippen LogP contribution >= 0.6 is 0 Å². The second-order valence-corrected chi connectivity index (χ2v) is 6.91. The maximum Gasteiger partial charge on any atom is 0.244 e. The third kappa shape index (κ3) is 2.94. The monoisotopic (exact) mass is 298 g/mol. The predicted molar refractivity (Wildman–Crippen MR) is 79.3 cm³/mol. The van der Waals surface area contributed by atoms with Crippen LogP contribution in [-0.4, -0.2) is 61.9 Å². The molecule has 20 heavy (non-hydrogen) atoms. The van der Waals surface area contributed by atoms with Gasteiger partial charge in [0.15, 0.2) is 0 Å². The normalized spacial score (nSPS) is 21.9. The molecule has 0 saturated carbocycles. The highest BCUT2D eigenvalue weighted by molar-refractivity contribution is 7.89. The highest BCUT2D eigenvalue weighted by Gasteiger charge is 2.31. The van der Waals surface area contributed by atoms with Crippen LogP contribution in [-0.2, 0) is 10.0 Å². The van der Waals surface area contributed by atoms with Crippen molar-refractivity contribution in [2.24, 2.45) is 0 Å². The van der Waals surface area contributed by atoms with E-state index in [2.05, 4.69) is 29.0 Å². The molecule has 1 aliphatic heterocycles. The van der Waals surface area contributed by atoms with E-state index in [-0.39, 0.29) is 10.9 Å². The molecule has 2 rings (SSSR count). The van der Waals surface area contributed by atoms with Gasteiger partial charge >= 0.3 is 0 Å². The molecule has 7 heteroatoms. The fourth-order valence-corrected chi connectivity index (χ4v) is 3.94. The minimum atomic E-state index is -3.44. The van der Waals surface area contributed by atoms with E-state index in [0.717, 1.165) is 13.1 Å². The minimum Gasteiger partial charge on any atom is -0.373 e. The molecule has 0 bridgehead atoms. The van der Waals surface area contributed by atoms with E-state index in [0.29, 0.717) is 18.9 Å². The molecule has 0 aromatic carbocycles. The van der Waals surface area contributed by atoms with E-state index in [1.54, 1.807) is 23.5 Å². The largest absolute Gasteiger partial charge is 0.373 e. The number of hydrogen-bond donors (Lipinski definition) is 1. The van der Waals surface area contributed by atoms with Crippen molar-refractivity contribution < 1.29 is 8.42 Å². The fourth-order valence-electron chi connectivity index (χ4n) is 2.48. The molecule has 6 nitrogen and oxygen atoms in total. The van der Waals surface area contributed by atoms with E-state index in [9.17, 15) is 8.42 Å². The lowest BCUT2D eigenvalue weighted by Gasteiger charge is -2.38. The van der Waals surface area contributed by atoms with Gasteiger partial charge in [0.1, 0.15) is 10.7 Å². The van der Waals surface area contributed by atoms with Crippen molar-refractivity contribution in [1.29, 1.82) is 0 Å². The van der Waals surface area contributed by atoms with Crippen molar-refractivity contribution in [3.8, 4) is 0 Å². The lowest BCUT2D eigenvalue weighted by atomic mass is 10.2. The number of piperazine rings is 1. The van der Waals surface area contributed by atoms with E-state index < -0.39 is 10.0 Å². The van der Waals surface area contributed by atoms with Gasteiger partial charge in [-0.1, -0.05) is 6.92 Å². The number of aromatic nitrogens is 1. The van der Waals surface area contributed by atoms with Crippen molar-refractivity contribution in [2.45, 2.75) is 24.8 Å². The third-order valence-corrected chi connectivity index (χ3v) is 5.61. The minimum absolute atomic E-state index is 0.244. The fraction of sp³-hybridized carbons (Fsp3) is 0.615. The SMILES string of the molecule is CCN1CCN(S(=O)(=O)c2ccc(NC)nc2)CC1C. The molecule has 1 unspecified atom stereocenters. The maximum absolute atomic E-state index is 12.6. The summed E-state index contributed by atoms with van der Waals surface area (Å²) in [6.45, 7) is 6.96. The number of sulfonamides is 1. The molecular formula is C13H22N4O2S. The summed E-state index contributed by atoms with van der Waals surface area (Å²) in [5, 5.41) is 2.88. The smallest absolute Gasteiger partial charge is 0.244 e. The predicted octanol–water partition coefficient (Wildman–Crippen LogP) is 0.838. The van der Waals surface area contributed by atoms with Gasteiger partial charge in [-0.2, -0.15) is 4.31 Å². The first kappa shape index (κ1) is 15.2. The second-order valence-electron chi connectivity index (χ2n) is 4.97. The molecule has 1 aromatic heterocycles. The molecule has 1 aliphatic rings. The molecule has 1 atom stereocenters. The van der Waals surface area contributed by atoms with Gasteiger partial charge in [-0.25, -0.2) is 13.4 Å². The number of hydrogen-bond acceptors (Lipinski definition) is 5. The second kappa shape index (κ2) is 6.07. The van der Waals surface area contributed by atoms with Crippen LogP contribution in [0.1, 0.15) is 13.8 Å². The van der Waals surface area contributed by atoms with Gasteiger partial charge in [-0.15, -0.1) is 0 Å². The first-order chi connectivity index (χ1) is 9.48. The lowest BCUT2D eigenvalue weighted by Crippen LogP contribution is -2.53. The molecule has 1 fully saturated rings. The van der Waals surface area contributed by atoms with Crippen LogP contribution in [0.5, 0.6) is 0 Å². The Bertz CT molecular complexity index is 544. The Labute approximate surface area is 120 Å². The van der Waals surface area contributed by atoms with Crippen LogP contribution in [0.2, 0.25) is 0 Å². The third-order valence-electron chi connectivity index (χ3n) is 3.76. The van der Waals surface area contributed by atoms with E-state index in [4.69, 9.17) is 0 Å². The van der Waals surface area contributed by atoms with Gasteiger partial charge in [-0.05, 0) is 25.6 Å². The van der Waals surface area contributed by atoms with Crippen LogP contribution in [0.25, 0.3) is 0 Å². The zero-order chi connectivity index (χ0) is 14.8. The number of nitrogens with zero attached hydrogens (tertiary/aromatic N) is 3. The topological polar surface area (TPSA) is 65.5 Å². The summed E-state index contributed by atoms with van der Waals surface area (Å²) in [6, 6.07) is 3.52. The lowest BCUT2D eigenvalue weighted by molar-refractivity contribution is 0.135. The highest BCUT2D eigenvalue weighted by atomic mass is 32.2. The molecule has 2 heterocycles.